The van der Waals surface area contributed by atoms with E-state index < -0.39 is 0 Å². The number of benzene rings is 1. The number of hydrogen-bond acceptors (Lipinski definition) is 3. The number of likely N-dealkylation sites (N-methyl/N-ethyl adjacent to an activating group) is 1. The number of rotatable bonds is 2. The van der Waals surface area contributed by atoms with Crippen LogP contribution in [-0.2, 0) is 0 Å². The van der Waals surface area contributed by atoms with E-state index in [1.165, 1.54) is 17.7 Å². The largest absolute Gasteiger partial charge is 0.397 e. The molecule has 0 spiro atoms. The van der Waals surface area contributed by atoms with Gasteiger partial charge in [0.15, 0.2) is 0 Å². The molecule has 0 aromatic heterocycles. The molecule has 2 rings (SSSR count). The zero-order chi connectivity index (χ0) is 11.7. The molecule has 1 heterocycles. The molecule has 1 unspecified atom stereocenters. The first-order chi connectivity index (χ1) is 7.58. The Kier molecular flexibility index (Phi) is 3.06. The number of nitrogens with two attached hydrogens (primary N) is 1. The first-order valence-electron chi connectivity index (χ1n) is 5.85. The van der Waals surface area contributed by atoms with E-state index in [0.717, 1.165) is 18.8 Å². The molecule has 0 saturated carbocycles. The Morgan fingerprint density at radius 3 is 2.75 bits per heavy atom. The average Bonchev–Trinajstić information content (AvgIpc) is 2.70. The van der Waals surface area contributed by atoms with E-state index in [9.17, 15) is 0 Å². The van der Waals surface area contributed by atoms with E-state index in [4.69, 9.17) is 5.73 Å². The Morgan fingerprint density at radius 2 is 2.12 bits per heavy atom. The fraction of sp³-hybridized carbons (Fsp3) is 0.538. The van der Waals surface area contributed by atoms with Crippen molar-refractivity contribution in [2.24, 2.45) is 0 Å². The van der Waals surface area contributed by atoms with Crippen molar-refractivity contribution < 1.29 is 0 Å². The van der Waals surface area contributed by atoms with E-state index in [1.54, 1.807) is 0 Å². The first-order valence-corrected chi connectivity index (χ1v) is 5.85. The zero-order valence-electron chi connectivity index (χ0n) is 10.4. The minimum absolute atomic E-state index is 0.653. The van der Waals surface area contributed by atoms with Crippen molar-refractivity contribution in [3.05, 3.63) is 23.8 Å². The Bertz CT molecular complexity index is 373. The number of nitrogen functional groups attached to an aromatic ring is 1. The van der Waals surface area contributed by atoms with Crippen molar-refractivity contribution in [3.8, 4) is 0 Å². The highest BCUT2D eigenvalue weighted by molar-refractivity contribution is 5.69. The van der Waals surface area contributed by atoms with Crippen molar-refractivity contribution >= 4 is 11.4 Å². The van der Waals surface area contributed by atoms with Crippen LogP contribution in [0.4, 0.5) is 11.4 Å². The number of anilines is 2. The predicted octanol–water partition coefficient (Wildman–Crippen LogP) is 1.72. The van der Waals surface area contributed by atoms with Gasteiger partial charge in [-0.15, -0.1) is 0 Å². The van der Waals surface area contributed by atoms with Gasteiger partial charge in [-0.3, -0.25) is 0 Å². The van der Waals surface area contributed by atoms with Crippen molar-refractivity contribution in [3.63, 3.8) is 0 Å². The van der Waals surface area contributed by atoms with E-state index in [2.05, 4.69) is 43.0 Å². The van der Waals surface area contributed by atoms with Gasteiger partial charge in [-0.25, -0.2) is 0 Å². The average molecular weight is 219 g/mol. The molecule has 1 atom stereocenters. The fourth-order valence-electron chi connectivity index (χ4n) is 2.31. The summed E-state index contributed by atoms with van der Waals surface area (Å²) in [6.45, 7) is 4.31. The number of nitrogens with zero attached hydrogens (tertiary/aromatic N) is 2. The van der Waals surface area contributed by atoms with Gasteiger partial charge in [0.1, 0.15) is 0 Å². The second kappa shape index (κ2) is 4.34. The molecule has 1 aliphatic heterocycles. The smallest absolute Gasteiger partial charge is 0.0603 e. The standard InChI is InChI=1S/C13H21N3/c1-10-4-5-12(14)13(8-10)16-7-6-11(9-16)15(2)3/h4-5,8,11H,6-7,9,14H2,1-3H3. The summed E-state index contributed by atoms with van der Waals surface area (Å²) in [6, 6.07) is 6.92. The van der Waals surface area contributed by atoms with Crippen LogP contribution < -0.4 is 10.6 Å². The molecule has 0 amide bonds. The normalized spacial score (nSPS) is 20.8. The monoisotopic (exact) mass is 219 g/mol. The van der Waals surface area contributed by atoms with Gasteiger partial charge < -0.3 is 15.5 Å². The van der Waals surface area contributed by atoms with Gasteiger partial charge in [0.2, 0.25) is 0 Å². The van der Waals surface area contributed by atoms with Crippen molar-refractivity contribution in [2.45, 2.75) is 19.4 Å². The Balaban J connectivity index is 2.17. The van der Waals surface area contributed by atoms with Crippen molar-refractivity contribution in [1.82, 2.24) is 4.90 Å². The van der Waals surface area contributed by atoms with Crippen molar-refractivity contribution in [1.29, 1.82) is 0 Å². The van der Waals surface area contributed by atoms with Crippen LogP contribution in [0.5, 0.6) is 0 Å². The lowest BCUT2D eigenvalue weighted by Gasteiger charge is -2.23. The molecule has 3 nitrogen and oxygen atoms in total. The highest BCUT2D eigenvalue weighted by atomic mass is 15.2. The molecule has 1 fully saturated rings. The Labute approximate surface area is 97.8 Å². The van der Waals surface area contributed by atoms with Gasteiger partial charge in [-0.1, -0.05) is 6.07 Å². The topological polar surface area (TPSA) is 32.5 Å². The van der Waals surface area contributed by atoms with Crippen LogP contribution in [0.25, 0.3) is 0 Å². The van der Waals surface area contributed by atoms with Crippen LogP contribution in [-0.4, -0.2) is 38.1 Å². The van der Waals surface area contributed by atoms with Gasteiger partial charge >= 0.3 is 0 Å². The quantitative estimate of drug-likeness (QED) is 0.769. The number of aryl methyl sites for hydroxylation is 1. The zero-order valence-corrected chi connectivity index (χ0v) is 10.4. The lowest BCUT2D eigenvalue weighted by Crippen LogP contribution is -2.31. The summed E-state index contributed by atoms with van der Waals surface area (Å²) >= 11 is 0. The van der Waals surface area contributed by atoms with Crippen molar-refractivity contribution in [2.75, 3.05) is 37.8 Å². The molecule has 1 aromatic rings. The maximum atomic E-state index is 6.04. The molecule has 3 heteroatoms. The van der Waals surface area contributed by atoms with Gasteiger partial charge in [-0.2, -0.15) is 0 Å². The minimum Gasteiger partial charge on any atom is -0.397 e. The third-order valence-corrected chi connectivity index (χ3v) is 3.42. The Hall–Kier alpha value is -1.22. The summed E-state index contributed by atoms with van der Waals surface area (Å²) in [5.41, 5.74) is 9.40. The lowest BCUT2D eigenvalue weighted by atomic mass is 10.2. The fourth-order valence-corrected chi connectivity index (χ4v) is 2.31. The van der Waals surface area contributed by atoms with Crippen LogP contribution in [0, 0.1) is 6.92 Å². The molecular weight excluding hydrogens is 198 g/mol. The van der Waals surface area contributed by atoms with E-state index in [-0.39, 0.29) is 0 Å². The van der Waals surface area contributed by atoms with Crippen LogP contribution in [0.3, 0.4) is 0 Å². The first kappa shape index (κ1) is 11.3. The summed E-state index contributed by atoms with van der Waals surface area (Å²) < 4.78 is 0. The third kappa shape index (κ3) is 2.14. The van der Waals surface area contributed by atoms with Gasteiger partial charge in [0.05, 0.1) is 11.4 Å². The minimum atomic E-state index is 0.653. The second-order valence-corrected chi connectivity index (χ2v) is 4.91. The molecule has 0 radical (unpaired) electrons. The van der Waals surface area contributed by atoms with Crippen LogP contribution >= 0.6 is 0 Å². The second-order valence-electron chi connectivity index (χ2n) is 4.91. The molecule has 1 aromatic carbocycles. The number of hydrogen-bond donors (Lipinski definition) is 1. The summed E-state index contributed by atoms with van der Waals surface area (Å²) in [7, 11) is 4.29. The molecule has 0 bridgehead atoms. The maximum Gasteiger partial charge on any atom is 0.0603 e. The predicted molar refractivity (Wildman–Crippen MR) is 69.9 cm³/mol. The molecule has 1 aliphatic rings. The van der Waals surface area contributed by atoms with E-state index >= 15 is 0 Å². The third-order valence-electron chi connectivity index (χ3n) is 3.42. The molecule has 88 valence electrons. The SMILES string of the molecule is Cc1ccc(N)c(N2CCC(N(C)C)C2)c1. The highest BCUT2D eigenvalue weighted by Crippen LogP contribution is 2.28. The molecular formula is C13H21N3. The summed E-state index contributed by atoms with van der Waals surface area (Å²) in [6.07, 6.45) is 1.22. The Morgan fingerprint density at radius 1 is 1.38 bits per heavy atom. The molecule has 16 heavy (non-hydrogen) atoms. The lowest BCUT2D eigenvalue weighted by molar-refractivity contribution is 0.315. The summed E-state index contributed by atoms with van der Waals surface area (Å²) in [5.74, 6) is 0. The van der Waals surface area contributed by atoms with Crippen LogP contribution in [0.1, 0.15) is 12.0 Å². The van der Waals surface area contributed by atoms with Crippen LogP contribution in [0.2, 0.25) is 0 Å². The van der Waals surface area contributed by atoms with E-state index in [1.807, 2.05) is 6.07 Å². The molecule has 0 aliphatic carbocycles. The van der Waals surface area contributed by atoms with Gasteiger partial charge in [0, 0.05) is 19.1 Å². The van der Waals surface area contributed by atoms with E-state index in [0.29, 0.717) is 6.04 Å². The molecule has 1 saturated heterocycles. The van der Waals surface area contributed by atoms with Gasteiger partial charge in [-0.05, 0) is 45.1 Å². The summed E-state index contributed by atoms with van der Waals surface area (Å²) in [4.78, 5) is 4.69. The van der Waals surface area contributed by atoms with Gasteiger partial charge in [0.25, 0.3) is 0 Å². The highest BCUT2D eigenvalue weighted by Gasteiger charge is 2.25. The maximum absolute atomic E-state index is 6.04. The van der Waals surface area contributed by atoms with Crippen LogP contribution in [0.15, 0.2) is 18.2 Å². The molecule has 2 N–H and O–H groups in total. The summed E-state index contributed by atoms with van der Waals surface area (Å²) in [5, 5.41) is 0.